The van der Waals surface area contributed by atoms with Crippen LogP contribution in [0, 0.1) is 22.7 Å². The molecule has 1 amide bonds. The van der Waals surface area contributed by atoms with Gasteiger partial charge in [0.2, 0.25) is 0 Å². The highest BCUT2D eigenvalue weighted by Gasteiger charge is 2.33. The van der Waals surface area contributed by atoms with Crippen LogP contribution in [0.15, 0.2) is 52.1 Å². The number of rotatable bonds is 7. The second-order valence-corrected chi connectivity index (χ2v) is 10.6. The van der Waals surface area contributed by atoms with Crippen LogP contribution in [0.25, 0.3) is 0 Å². The third-order valence-electron chi connectivity index (χ3n) is 6.23. The molecular formula is C27H29N3O3S. The number of ether oxygens (including phenoxy) is 1. The minimum absolute atomic E-state index is 0.0349. The zero-order valence-electron chi connectivity index (χ0n) is 19.8. The number of thiophene rings is 1. The number of carbonyl (C=O) groups excluding carboxylic acids is 1. The molecule has 0 radical (unpaired) electrons. The second kappa shape index (κ2) is 10.3. The Bertz CT molecular complexity index is 1210. The lowest BCUT2D eigenvalue weighted by Gasteiger charge is -2.33. The number of nitrogens with one attached hydrogen (secondary N) is 1. The van der Waals surface area contributed by atoms with Gasteiger partial charge in [0.25, 0.3) is 5.91 Å². The maximum absolute atomic E-state index is 13.3. The Kier molecular flexibility index (Phi) is 7.18. The standard InChI is InChI=1S/C27H29N3O3S/c1-27(2,3)19-10-11-21-23(15-19)34-26(24(21)25(31)29-17-20-8-6-13-32-20)30-16-18-7-4-5-9-22(18)33-14-12-28/h4-9,13,16,19H,10-11,14-15,17H2,1-3H3,(H,29,31)/t19-/m1/s1. The average Bonchev–Trinajstić information content (AvgIpc) is 3.47. The predicted octanol–water partition coefficient (Wildman–Crippen LogP) is 6.08. The van der Waals surface area contributed by atoms with E-state index in [0.717, 1.165) is 30.4 Å². The third kappa shape index (κ3) is 5.40. The molecule has 0 saturated heterocycles. The first kappa shape index (κ1) is 23.8. The van der Waals surface area contributed by atoms with Crippen molar-refractivity contribution in [3.63, 3.8) is 0 Å². The van der Waals surface area contributed by atoms with Crippen LogP contribution >= 0.6 is 11.3 Å². The van der Waals surface area contributed by atoms with Crippen LogP contribution in [0.3, 0.4) is 0 Å². The van der Waals surface area contributed by atoms with Crippen molar-refractivity contribution in [2.45, 2.75) is 46.6 Å². The molecule has 1 aromatic carbocycles. The smallest absolute Gasteiger partial charge is 0.255 e. The SMILES string of the molecule is CC(C)(C)[C@@H]1CCc2c(sc(N=Cc3ccccc3OCC#N)c2C(=O)NCc2ccco2)C1. The molecule has 0 fully saturated rings. The van der Waals surface area contributed by atoms with Gasteiger partial charge in [-0.3, -0.25) is 4.79 Å². The van der Waals surface area contributed by atoms with Crippen LogP contribution < -0.4 is 10.1 Å². The summed E-state index contributed by atoms with van der Waals surface area (Å²) in [5.41, 5.74) is 2.75. The maximum Gasteiger partial charge on any atom is 0.255 e. The van der Waals surface area contributed by atoms with Gasteiger partial charge < -0.3 is 14.5 Å². The molecule has 3 aromatic rings. The molecule has 7 heteroatoms. The summed E-state index contributed by atoms with van der Waals surface area (Å²) >= 11 is 1.60. The Morgan fingerprint density at radius 2 is 2.15 bits per heavy atom. The van der Waals surface area contributed by atoms with Gasteiger partial charge in [-0.05, 0) is 60.4 Å². The van der Waals surface area contributed by atoms with Crippen molar-refractivity contribution >= 4 is 28.5 Å². The number of hydrogen-bond acceptors (Lipinski definition) is 6. The topological polar surface area (TPSA) is 87.6 Å². The molecule has 0 spiro atoms. The zero-order chi connectivity index (χ0) is 24.1. The Hall–Kier alpha value is -3.37. The summed E-state index contributed by atoms with van der Waals surface area (Å²) in [6.07, 6.45) is 6.20. The highest BCUT2D eigenvalue weighted by Crippen LogP contribution is 2.45. The molecule has 0 aliphatic heterocycles. The number of furan rings is 1. The van der Waals surface area contributed by atoms with Crippen molar-refractivity contribution in [3.05, 3.63) is 70.0 Å². The predicted molar refractivity (Wildman–Crippen MR) is 134 cm³/mol. The molecule has 0 saturated carbocycles. The fraction of sp³-hybridized carbons (Fsp3) is 0.370. The molecular weight excluding hydrogens is 446 g/mol. The van der Waals surface area contributed by atoms with Gasteiger partial charge in [-0.1, -0.05) is 32.9 Å². The minimum Gasteiger partial charge on any atom is -0.478 e. The number of carbonyl (C=O) groups is 1. The summed E-state index contributed by atoms with van der Waals surface area (Å²) in [6, 6.07) is 13.1. The van der Waals surface area contributed by atoms with E-state index in [-0.39, 0.29) is 17.9 Å². The Morgan fingerprint density at radius 1 is 1.32 bits per heavy atom. The summed E-state index contributed by atoms with van der Waals surface area (Å²) in [5, 5.41) is 12.6. The van der Waals surface area contributed by atoms with E-state index in [1.165, 1.54) is 4.88 Å². The first-order valence-corrected chi connectivity index (χ1v) is 12.3. The molecule has 1 aliphatic carbocycles. The largest absolute Gasteiger partial charge is 0.478 e. The first-order valence-electron chi connectivity index (χ1n) is 11.4. The molecule has 0 unspecified atom stereocenters. The normalized spacial score (nSPS) is 15.6. The van der Waals surface area contributed by atoms with Gasteiger partial charge in [-0.25, -0.2) is 4.99 Å². The highest BCUT2D eigenvalue weighted by atomic mass is 32.1. The first-order chi connectivity index (χ1) is 16.4. The van der Waals surface area contributed by atoms with Crippen LogP contribution in [0.5, 0.6) is 5.75 Å². The van der Waals surface area contributed by atoms with Crippen molar-refractivity contribution < 1.29 is 13.9 Å². The molecule has 4 rings (SSSR count). The summed E-state index contributed by atoms with van der Waals surface area (Å²) < 4.78 is 10.9. The van der Waals surface area contributed by atoms with Gasteiger partial charge in [0.05, 0.1) is 18.4 Å². The Labute approximate surface area is 204 Å². The van der Waals surface area contributed by atoms with Gasteiger partial charge in [-0.2, -0.15) is 5.26 Å². The number of fused-ring (bicyclic) bond motifs is 1. The van der Waals surface area contributed by atoms with Gasteiger partial charge in [0.15, 0.2) is 6.61 Å². The van der Waals surface area contributed by atoms with E-state index in [9.17, 15) is 4.79 Å². The lowest BCUT2D eigenvalue weighted by Crippen LogP contribution is -2.28. The molecule has 1 N–H and O–H groups in total. The van der Waals surface area contributed by atoms with E-state index >= 15 is 0 Å². The van der Waals surface area contributed by atoms with E-state index in [2.05, 4.69) is 26.1 Å². The lowest BCUT2D eigenvalue weighted by atomic mass is 9.72. The van der Waals surface area contributed by atoms with Crippen LogP contribution in [0.4, 0.5) is 5.00 Å². The quantitative estimate of drug-likeness (QED) is 0.420. The van der Waals surface area contributed by atoms with Crippen molar-refractivity contribution in [1.82, 2.24) is 5.32 Å². The summed E-state index contributed by atoms with van der Waals surface area (Å²) in [7, 11) is 0. The molecule has 2 heterocycles. The summed E-state index contributed by atoms with van der Waals surface area (Å²) in [4.78, 5) is 19.3. The molecule has 0 bridgehead atoms. The number of hydrogen-bond donors (Lipinski definition) is 1. The van der Waals surface area contributed by atoms with Gasteiger partial charge in [0.1, 0.15) is 22.6 Å². The number of amides is 1. The highest BCUT2D eigenvalue weighted by molar-refractivity contribution is 7.16. The van der Waals surface area contributed by atoms with Crippen molar-refractivity contribution in [2.24, 2.45) is 16.3 Å². The second-order valence-electron chi connectivity index (χ2n) is 9.49. The van der Waals surface area contributed by atoms with E-state index in [4.69, 9.17) is 19.4 Å². The fourth-order valence-electron chi connectivity index (χ4n) is 4.26. The van der Waals surface area contributed by atoms with E-state index in [1.54, 1.807) is 23.8 Å². The van der Waals surface area contributed by atoms with Crippen LogP contribution in [-0.4, -0.2) is 18.7 Å². The van der Waals surface area contributed by atoms with Gasteiger partial charge in [-0.15, -0.1) is 11.3 Å². The molecule has 2 aromatic heterocycles. The van der Waals surface area contributed by atoms with Crippen molar-refractivity contribution in [1.29, 1.82) is 5.26 Å². The zero-order valence-corrected chi connectivity index (χ0v) is 20.6. The monoisotopic (exact) mass is 475 g/mol. The summed E-state index contributed by atoms with van der Waals surface area (Å²) in [5.74, 6) is 1.73. The molecule has 34 heavy (non-hydrogen) atoms. The Balaban J connectivity index is 1.66. The van der Waals surface area contributed by atoms with Crippen LogP contribution in [0.2, 0.25) is 0 Å². The lowest BCUT2D eigenvalue weighted by molar-refractivity contribution is 0.0947. The van der Waals surface area contributed by atoms with E-state index < -0.39 is 0 Å². The van der Waals surface area contributed by atoms with Crippen molar-refractivity contribution in [3.8, 4) is 11.8 Å². The minimum atomic E-state index is -0.135. The number of para-hydroxylation sites is 1. The third-order valence-corrected chi connectivity index (χ3v) is 7.40. The maximum atomic E-state index is 13.3. The number of benzene rings is 1. The van der Waals surface area contributed by atoms with E-state index in [0.29, 0.717) is 34.5 Å². The molecule has 1 aliphatic rings. The van der Waals surface area contributed by atoms with E-state index in [1.807, 2.05) is 42.5 Å². The molecule has 6 nitrogen and oxygen atoms in total. The molecule has 176 valence electrons. The van der Waals surface area contributed by atoms with Crippen LogP contribution in [-0.2, 0) is 19.4 Å². The number of nitrogens with zero attached hydrogens (tertiary/aromatic N) is 2. The number of aliphatic imine (C=N–C) groups is 1. The van der Waals surface area contributed by atoms with Crippen molar-refractivity contribution in [2.75, 3.05) is 6.61 Å². The fourth-order valence-corrected chi connectivity index (χ4v) is 5.53. The average molecular weight is 476 g/mol. The van der Waals surface area contributed by atoms with Gasteiger partial charge in [0, 0.05) is 16.7 Å². The Morgan fingerprint density at radius 3 is 2.88 bits per heavy atom. The van der Waals surface area contributed by atoms with Crippen LogP contribution in [0.1, 0.15) is 59.3 Å². The molecule has 1 atom stereocenters. The summed E-state index contributed by atoms with van der Waals surface area (Å²) in [6.45, 7) is 7.14. The van der Waals surface area contributed by atoms with Gasteiger partial charge >= 0.3 is 0 Å². The number of nitriles is 1.